The number of nitrogens with two attached hydrogens (primary N) is 1. The van der Waals surface area contributed by atoms with E-state index >= 15 is 0 Å². The van der Waals surface area contributed by atoms with Gasteiger partial charge < -0.3 is 10.6 Å². The van der Waals surface area contributed by atoms with Gasteiger partial charge in [-0.1, -0.05) is 20.8 Å². The van der Waals surface area contributed by atoms with Crippen LogP contribution < -0.4 is 5.73 Å². The van der Waals surface area contributed by atoms with Crippen molar-refractivity contribution in [2.45, 2.75) is 39.0 Å². The topological polar surface area (TPSA) is 46.3 Å². The monoisotopic (exact) mass is 252 g/mol. The molecule has 1 fully saturated rings. The minimum absolute atomic E-state index is 0.0289. The van der Waals surface area contributed by atoms with Gasteiger partial charge in [0.1, 0.15) is 0 Å². The molecular weight excluding hydrogens is 232 g/mol. The Labute approximate surface area is 107 Å². The van der Waals surface area contributed by atoms with E-state index in [1.807, 2.05) is 10.3 Å². The van der Waals surface area contributed by atoms with E-state index < -0.39 is 0 Å². The molecule has 1 aromatic rings. The molecule has 1 aromatic heterocycles. The van der Waals surface area contributed by atoms with Gasteiger partial charge in [0.15, 0.2) is 0 Å². The Balaban J connectivity index is 2.37. The van der Waals surface area contributed by atoms with Gasteiger partial charge in [-0.2, -0.15) is 0 Å². The minimum atomic E-state index is -0.0289. The van der Waals surface area contributed by atoms with Crippen molar-refractivity contribution in [1.82, 2.24) is 4.90 Å². The van der Waals surface area contributed by atoms with Crippen LogP contribution >= 0.6 is 11.3 Å². The molecule has 1 amide bonds. The molecule has 0 aromatic carbocycles. The van der Waals surface area contributed by atoms with E-state index in [1.54, 1.807) is 0 Å². The largest absolute Gasteiger partial charge is 0.390 e. The van der Waals surface area contributed by atoms with Gasteiger partial charge in [-0.25, -0.2) is 0 Å². The van der Waals surface area contributed by atoms with Crippen molar-refractivity contribution in [3.8, 4) is 0 Å². The third-order valence-corrected chi connectivity index (χ3v) is 4.05. The number of carbonyl (C=O) groups is 1. The van der Waals surface area contributed by atoms with Crippen LogP contribution in [0.5, 0.6) is 0 Å². The predicted molar refractivity (Wildman–Crippen MR) is 72.6 cm³/mol. The van der Waals surface area contributed by atoms with Crippen molar-refractivity contribution in [1.29, 1.82) is 0 Å². The van der Waals surface area contributed by atoms with E-state index in [4.69, 9.17) is 5.73 Å². The van der Waals surface area contributed by atoms with Crippen LogP contribution in [0.15, 0.2) is 5.38 Å². The van der Waals surface area contributed by atoms with Crippen LogP contribution in [-0.4, -0.2) is 23.9 Å². The molecule has 94 valence electrons. The van der Waals surface area contributed by atoms with Gasteiger partial charge in [0, 0.05) is 13.1 Å². The summed E-state index contributed by atoms with van der Waals surface area (Å²) in [6.07, 6.45) is 2.22. The zero-order valence-electron chi connectivity index (χ0n) is 10.7. The molecule has 17 heavy (non-hydrogen) atoms. The molecule has 0 radical (unpaired) electrons. The van der Waals surface area contributed by atoms with Crippen molar-refractivity contribution >= 4 is 22.2 Å². The maximum Gasteiger partial charge on any atom is 0.257 e. The Hall–Kier alpha value is -1.03. The summed E-state index contributed by atoms with van der Waals surface area (Å²) in [6.45, 7) is 8.11. The summed E-state index contributed by atoms with van der Waals surface area (Å²) in [6, 6.07) is 0. The maximum atomic E-state index is 12.4. The van der Waals surface area contributed by atoms with Crippen molar-refractivity contribution in [2.75, 3.05) is 18.8 Å². The standard InChI is InChI=1S/C13H20N2OS/c1-13(2,3)9-8-17-11(14)10(9)12(16)15-6-4-5-7-15/h8H,4-7,14H2,1-3H3. The molecular formula is C13H20N2OS. The number of nitrogen functional groups attached to an aromatic ring is 1. The smallest absolute Gasteiger partial charge is 0.257 e. The zero-order valence-corrected chi connectivity index (χ0v) is 11.6. The van der Waals surface area contributed by atoms with Gasteiger partial charge in [0.25, 0.3) is 5.91 Å². The number of hydrogen-bond acceptors (Lipinski definition) is 3. The number of rotatable bonds is 1. The molecule has 3 nitrogen and oxygen atoms in total. The first-order valence-electron chi connectivity index (χ1n) is 6.08. The van der Waals surface area contributed by atoms with Gasteiger partial charge in [-0.05, 0) is 29.2 Å². The third-order valence-electron chi connectivity index (χ3n) is 3.23. The minimum Gasteiger partial charge on any atom is -0.390 e. The summed E-state index contributed by atoms with van der Waals surface area (Å²) in [5.41, 5.74) is 7.77. The number of amides is 1. The molecule has 0 atom stereocenters. The highest BCUT2D eigenvalue weighted by molar-refractivity contribution is 7.14. The summed E-state index contributed by atoms with van der Waals surface area (Å²) in [4.78, 5) is 14.4. The van der Waals surface area contributed by atoms with Crippen molar-refractivity contribution < 1.29 is 4.79 Å². The number of nitrogens with zero attached hydrogens (tertiary/aromatic N) is 1. The fourth-order valence-electron chi connectivity index (χ4n) is 2.22. The van der Waals surface area contributed by atoms with E-state index in [-0.39, 0.29) is 11.3 Å². The number of likely N-dealkylation sites (tertiary alicyclic amines) is 1. The quantitative estimate of drug-likeness (QED) is 0.835. The van der Waals surface area contributed by atoms with Crippen LogP contribution in [0, 0.1) is 0 Å². The van der Waals surface area contributed by atoms with Crippen LogP contribution in [-0.2, 0) is 5.41 Å². The Morgan fingerprint density at radius 3 is 2.47 bits per heavy atom. The summed E-state index contributed by atoms with van der Waals surface area (Å²) >= 11 is 1.48. The second kappa shape index (κ2) is 4.33. The maximum absolute atomic E-state index is 12.4. The second-order valence-electron chi connectivity index (χ2n) is 5.64. The lowest BCUT2D eigenvalue weighted by atomic mass is 9.86. The fourth-order valence-corrected chi connectivity index (χ4v) is 3.26. The Kier molecular flexibility index (Phi) is 3.17. The third kappa shape index (κ3) is 2.32. The van der Waals surface area contributed by atoms with Crippen molar-refractivity contribution in [3.05, 3.63) is 16.5 Å². The van der Waals surface area contributed by atoms with Gasteiger partial charge in [0.2, 0.25) is 0 Å². The predicted octanol–water partition coefficient (Wildman–Crippen LogP) is 2.86. The Morgan fingerprint density at radius 2 is 1.94 bits per heavy atom. The normalized spacial score (nSPS) is 16.5. The first-order chi connectivity index (χ1) is 7.91. The van der Waals surface area contributed by atoms with E-state index in [0.717, 1.165) is 37.1 Å². The van der Waals surface area contributed by atoms with Gasteiger partial charge >= 0.3 is 0 Å². The molecule has 1 aliphatic heterocycles. The molecule has 2 rings (SSSR count). The van der Waals surface area contributed by atoms with E-state index in [9.17, 15) is 4.79 Å². The average Bonchev–Trinajstić information content (AvgIpc) is 2.83. The van der Waals surface area contributed by atoms with Gasteiger partial charge in [-0.3, -0.25) is 4.79 Å². The molecule has 2 N–H and O–H groups in total. The highest BCUT2D eigenvalue weighted by Gasteiger charge is 2.29. The highest BCUT2D eigenvalue weighted by atomic mass is 32.1. The summed E-state index contributed by atoms with van der Waals surface area (Å²) in [7, 11) is 0. The van der Waals surface area contributed by atoms with E-state index in [2.05, 4.69) is 20.8 Å². The van der Waals surface area contributed by atoms with Crippen molar-refractivity contribution in [2.24, 2.45) is 0 Å². The number of hydrogen-bond donors (Lipinski definition) is 1. The first kappa shape index (κ1) is 12.4. The highest BCUT2D eigenvalue weighted by Crippen LogP contribution is 2.35. The number of carbonyl (C=O) groups excluding carboxylic acids is 1. The summed E-state index contributed by atoms with van der Waals surface area (Å²) in [5.74, 6) is 0.117. The van der Waals surface area contributed by atoms with E-state index in [1.165, 1.54) is 11.3 Å². The van der Waals surface area contributed by atoms with Crippen molar-refractivity contribution in [3.63, 3.8) is 0 Å². The van der Waals surface area contributed by atoms with Gasteiger partial charge in [0.05, 0.1) is 10.6 Å². The molecule has 2 heterocycles. The SMILES string of the molecule is CC(C)(C)c1csc(N)c1C(=O)N1CCCC1. The zero-order chi connectivity index (χ0) is 12.6. The fraction of sp³-hybridized carbons (Fsp3) is 0.615. The van der Waals surface area contributed by atoms with E-state index in [0.29, 0.717) is 5.00 Å². The second-order valence-corrected chi connectivity index (χ2v) is 6.55. The molecule has 0 unspecified atom stereocenters. The molecule has 1 saturated heterocycles. The first-order valence-corrected chi connectivity index (χ1v) is 6.96. The van der Waals surface area contributed by atoms with Gasteiger partial charge in [-0.15, -0.1) is 11.3 Å². The lowest BCUT2D eigenvalue weighted by Gasteiger charge is -2.22. The molecule has 0 aliphatic carbocycles. The molecule has 1 aliphatic rings. The lowest BCUT2D eigenvalue weighted by molar-refractivity contribution is 0.0792. The van der Waals surface area contributed by atoms with Crippen LogP contribution in [0.1, 0.15) is 49.5 Å². The summed E-state index contributed by atoms with van der Waals surface area (Å²) in [5, 5.41) is 2.69. The molecule has 4 heteroatoms. The molecule has 0 saturated carbocycles. The van der Waals surface area contributed by atoms with Crippen LogP contribution in [0.2, 0.25) is 0 Å². The van der Waals surface area contributed by atoms with Crippen LogP contribution in [0.4, 0.5) is 5.00 Å². The number of anilines is 1. The molecule has 0 spiro atoms. The van der Waals surface area contributed by atoms with Crippen LogP contribution in [0.25, 0.3) is 0 Å². The Morgan fingerprint density at radius 1 is 1.35 bits per heavy atom. The molecule has 0 bridgehead atoms. The summed E-state index contributed by atoms with van der Waals surface area (Å²) < 4.78 is 0. The average molecular weight is 252 g/mol. The Bertz CT molecular complexity index is 425. The lowest BCUT2D eigenvalue weighted by Crippen LogP contribution is -2.30. The van der Waals surface area contributed by atoms with Crippen LogP contribution in [0.3, 0.4) is 0 Å². The number of thiophene rings is 1.